The molecule has 14 heterocycles. The van der Waals surface area contributed by atoms with Crippen LogP contribution in [-0.2, 0) is 58.6 Å². The zero-order valence-corrected chi connectivity index (χ0v) is 67.0. The van der Waals surface area contributed by atoms with E-state index in [1.165, 1.54) is 88.1 Å². The van der Waals surface area contributed by atoms with Crippen LogP contribution in [0.3, 0.4) is 0 Å². The number of carbonyl (C=O) groups excluding carboxylic acids is 3. The molecule has 0 bridgehead atoms. The third-order valence-corrected chi connectivity index (χ3v) is 21.8. The number of carbonyl (C=O) groups is 3. The van der Waals surface area contributed by atoms with Gasteiger partial charge in [0.05, 0.1) is 102 Å². The first-order valence-electron chi connectivity index (χ1n) is 38.8. The van der Waals surface area contributed by atoms with Crippen molar-refractivity contribution in [3.8, 4) is 33.8 Å². The van der Waals surface area contributed by atoms with Crippen molar-refractivity contribution < 1.29 is 53.4 Å². The van der Waals surface area contributed by atoms with Crippen LogP contribution in [0.25, 0.3) is 50.7 Å². The average molecular weight is 1670 g/mol. The Hall–Kier alpha value is -13.1. The topological polar surface area (TPSA) is 294 Å². The summed E-state index contributed by atoms with van der Waals surface area (Å²) < 4.78 is 102. The van der Waals surface area contributed by atoms with Crippen LogP contribution in [0, 0.1) is 55.7 Å². The molecule has 120 heavy (non-hydrogen) atoms. The molecule has 15 aromatic rings. The molecular weight excluding hydrogens is 1590 g/mol. The van der Waals surface area contributed by atoms with E-state index in [2.05, 4.69) is 124 Å². The first-order chi connectivity index (χ1) is 58.3. The van der Waals surface area contributed by atoms with Crippen LogP contribution < -0.4 is 39.8 Å². The number of anilines is 9. The van der Waals surface area contributed by atoms with Crippen LogP contribution in [0.4, 0.5) is 76.5 Å². The number of rotatable bonds is 24. The number of likely N-dealkylation sites (tertiary alicyclic amines) is 2. The van der Waals surface area contributed by atoms with Crippen molar-refractivity contribution in [2.24, 2.45) is 0 Å². The number of morpholine rings is 1. The van der Waals surface area contributed by atoms with Gasteiger partial charge in [0.15, 0.2) is 115 Å². The number of hydrogen-bond donors (Lipinski definition) is 6. The van der Waals surface area contributed by atoms with Crippen LogP contribution in [0.15, 0.2) is 178 Å². The molecule has 11 aromatic heterocycles. The van der Waals surface area contributed by atoms with Crippen molar-refractivity contribution in [2.45, 2.75) is 92.4 Å². The average Bonchev–Trinajstić information content (AvgIpc) is 1.75. The summed E-state index contributed by atoms with van der Waals surface area (Å²) >= 11 is 3.28. The minimum absolute atomic E-state index is 0.171. The Labute approximate surface area is 690 Å². The number of aromatic nitrogens is 17. The zero-order chi connectivity index (χ0) is 82.9. The molecule has 0 spiro atoms. The van der Waals surface area contributed by atoms with E-state index in [0.29, 0.717) is 34.4 Å². The van der Waals surface area contributed by atoms with Crippen LogP contribution in [0.1, 0.15) is 54.7 Å². The van der Waals surface area contributed by atoms with Gasteiger partial charge in [-0.1, -0.05) is 36.8 Å². The second kappa shape index (κ2) is 36.4. The summed E-state index contributed by atoms with van der Waals surface area (Å²) in [5, 5.41) is 32.1. The maximum absolute atomic E-state index is 13.9. The number of hydrogen-bond acceptors (Lipinski definition) is 21. The summed E-state index contributed by atoms with van der Waals surface area (Å²) in [6, 6.07) is 23.2. The highest BCUT2D eigenvalue weighted by molar-refractivity contribution is 7.06. The number of fused-ring (bicyclic) bond motifs is 3. The lowest BCUT2D eigenvalue weighted by Gasteiger charge is -2.26. The number of aryl methyl sites for hydroxylation is 3. The third-order valence-electron chi connectivity index (χ3n) is 20.0. The van der Waals surface area contributed by atoms with Crippen LogP contribution in [0.2, 0.25) is 0 Å². The molecule has 0 atom stereocenters. The van der Waals surface area contributed by atoms with Crippen molar-refractivity contribution in [1.82, 2.24) is 87.1 Å². The molecule has 616 valence electrons. The lowest BCUT2D eigenvalue weighted by atomic mass is 10.1. The second-order valence-electron chi connectivity index (χ2n) is 29.1. The fourth-order valence-electron chi connectivity index (χ4n) is 14.2. The van der Waals surface area contributed by atoms with E-state index in [-0.39, 0.29) is 36.7 Å². The Balaban J connectivity index is 0.000000134. The second-order valence-corrected chi connectivity index (χ2v) is 31.2. The molecule has 38 heteroatoms. The van der Waals surface area contributed by atoms with E-state index in [9.17, 15) is 40.7 Å². The first kappa shape index (κ1) is 80.6. The van der Waals surface area contributed by atoms with Gasteiger partial charge in [0.1, 0.15) is 19.6 Å². The SMILES string of the molecule is Cc1cn2c(-c3cnn(CC(=O)Nc4cccc(F)c4F)c3)cnc2c(Nc2cc[n+](CN3CCCC3)s2)n1.Cc1cn2c(-c3cnn(CC(=O)Nc4cccc(F)c4F)c3)cnc2c(Nc2cc[n+](CN3CCCCC3)s2)n1.Cc1cn2c(-c3cnn(CC(=O)Nc4cccc(F)c4F)c3)cnc2c(Nc2ccc(CN3CCOCC3)cc2)n1. The van der Waals surface area contributed by atoms with Crippen molar-refractivity contribution in [2.75, 3.05) is 84.4 Å². The summed E-state index contributed by atoms with van der Waals surface area (Å²) in [4.78, 5) is 72.4. The van der Waals surface area contributed by atoms with Gasteiger partial charge in [-0.2, -0.15) is 15.3 Å². The molecule has 3 aliphatic rings. The fraction of sp³-hybridized carbons (Fsp3) is 0.268. The maximum Gasteiger partial charge on any atom is 0.246 e. The van der Waals surface area contributed by atoms with E-state index < -0.39 is 52.6 Å². The number of piperidine rings is 1. The number of nitrogens with zero attached hydrogens (tertiary/aromatic N) is 20. The number of amides is 3. The Morgan fingerprint density at radius 1 is 0.425 bits per heavy atom. The molecule has 4 aromatic carbocycles. The molecule has 0 saturated carbocycles. The van der Waals surface area contributed by atoms with Crippen LogP contribution in [0.5, 0.6) is 0 Å². The molecule has 30 nitrogen and oxygen atoms in total. The van der Waals surface area contributed by atoms with Crippen LogP contribution >= 0.6 is 23.1 Å². The molecule has 6 N–H and O–H groups in total. The van der Waals surface area contributed by atoms with Crippen molar-refractivity contribution >= 4 is 108 Å². The number of imidazole rings is 3. The van der Waals surface area contributed by atoms with Gasteiger partial charge < -0.3 is 36.6 Å². The largest absolute Gasteiger partial charge is 0.379 e. The Bertz CT molecular complexity index is 6200. The number of ether oxygens (including phenoxy) is 1. The van der Waals surface area contributed by atoms with Gasteiger partial charge in [-0.05, 0) is 101 Å². The Morgan fingerprint density at radius 2 is 0.792 bits per heavy atom. The van der Waals surface area contributed by atoms with Gasteiger partial charge in [0.2, 0.25) is 31.1 Å². The van der Waals surface area contributed by atoms with Gasteiger partial charge in [0.25, 0.3) is 0 Å². The van der Waals surface area contributed by atoms with Gasteiger partial charge >= 0.3 is 0 Å². The standard InChI is InChI=1S/C29H28F2N8O2.C27H27F2N9OS.C26H25F2N9OS/c1-19-15-39-25(21-13-33-38(17-21)18-26(40)36-24-4-2-3-23(30)27(24)31)14-32-29(39)28(34-19)35-22-7-5-20(6-8-22)16-37-9-11-41-12-10-37;1-18-14-38-22(19-12-31-36(15-19)16-23(39)33-21-7-5-6-20(28)25(21)29)13-30-27(38)26(32-18)34-24-8-11-37(40-24)17-35-9-3-2-4-10-35;1-17-13-37-21(18-11-30-35(14-18)15-22(38)32-20-6-4-5-19(27)24(20)28)12-29-26(37)25(31-17)33-23-7-10-36(39-23)16-34-8-2-3-9-34/h2-8,13-15,17H,9-12,16,18H2,1H3,(H,34,35)(H,36,40);5-8,11-15H,2-4,9-10,16-17H2,1H3,(H,33,39);4-7,10-14H,2-3,8-9,15-16H2,1H3,(H,32,38)/p+2. The minimum Gasteiger partial charge on any atom is -0.379 e. The lowest BCUT2D eigenvalue weighted by Crippen LogP contribution is -2.42. The first-order valence-corrected chi connectivity index (χ1v) is 40.3. The summed E-state index contributed by atoms with van der Waals surface area (Å²) in [6.07, 6.45) is 31.3. The molecule has 3 fully saturated rings. The summed E-state index contributed by atoms with van der Waals surface area (Å²) in [6.45, 7) is 15.8. The molecule has 3 aliphatic heterocycles. The van der Waals surface area contributed by atoms with E-state index >= 15 is 0 Å². The number of halogens is 6. The molecule has 0 aliphatic carbocycles. The summed E-state index contributed by atoms with van der Waals surface area (Å²) in [7, 11) is 0. The monoisotopic (exact) mass is 1670 g/mol. The predicted octanol–water partition coefficient (Wildman–Crippen LogP) is 12.7. The van der Waals surface area contributed by atoms with E-state index in [1.807, 2.05) is 76.8 Å². The van der Waals surface area contributed by atoms with Crippen LogP contribution in [-0.4, -0.2) is 157 Å². The third kappa shape index (κ3) is 19.3. The normalized spacial score (nSPS) is 13.9. The van der Waals surface area contributed by atoms with Gasteiger partial charge in [-0.25, -0.2) is 66.0 Å². The molecule has 3 amide bonds. The highest BCUT2D eigenvalue weighted by atomic mass is 32.1. The van der Waals surface area contributed by atoms with Crippen molar-refractivity contribution in [3.05, 3.63) is 235 Å². The summed E-state index contributed by atoms with van der Waals surface area (Å²) in [5.74, 6) is -6.10. The predicted molar refractivity (Wildman–Crippen MR) is 439 cm³/mol. The highest BCUT2D eigenvalue weighted by Gasteiger charge is 2.25. The minimum atomic E-state index is -1.11. The molecule has 0 radical (unpaired) electrons. The van der Waals surface area contributed by atoms with E-state index in [0.717, 1.165) is 157 Å². The highest BCUT2D eigenvalue weighted by Crippen LogP contribution is 2.32. The number of benzene rings is 4. The summed E-state index contributed by atoms with van der Waals surface area (Å²) in [5.41, 5.74) is 10.3. The van der Waals surface area contributed by atoms with Crippen molar-refractivity contribution in [3.63, 3.8) is 0 Å². The fourth-order valence-corrected chi connectivity index (χ4v) is 16.0. The molecule has 18 rings (SSSR count). The Morgan fingerprint density at radius 3 is 1.18 bits per heavy atom. The van der Waals surface area contributed by atoms with Crippen molar-refractivity contribution in [1.29, 1.82) is 0 Å². The molecule has 0 unspecified atom stereocenters. The molecule has 3 saturated heterocycles. The lowest BCUT2D eigenvalue weighted by molar-refractivity contribution is -0.651. The van der Waals surface area contributed by atoms with Gasteiger partial charge in [-0.15, -0.1) is 7.91 Å². The van der Waals surface area contributed by atoms with Gasteiger partial charge in [-0.3, -0.25) is 46.5 Å². The van der Waals surface area contributed by atoms with E-state index in [4.69, 9.17) is 4.74 Å². The molecular formula is C82H82F6N26O4S2+2. The Kier molecular flexibility index (Phi) is 24.5. The smallest absolute Gasteiger partial charge is 0.246 e. The van der Waals surface area contributed by atoms with E-state index in [1.54, 1.807) is 78.8 Å². The van der Waals surface area contributed by atoms with Gasteiger partial charge in [0, 0.05) is 118 Å². The zero-order valence-electron chi connectivity index (χ0n) is 65.3. The quantitative estimate of drug-likeness (QED) is 0.0242. The number of nitrogens with one attached hydrogen (secondary N) is 6. The maximum atomic E-state index is 13.9.